The van der Waals surface area contributed by atoms with Gasteiger partial charge in [-0.1, -0.05) is 105 Å². The van der Waals surface area contributed by atoms with E-state index in [9.17, 15) is 4.79 Å². The molecule has 4 heterocycles. The summed E-state index contributed by atoms with van der Waals surface area (Å²) in [6.07, 6.45) is 5.03. The molecule has 0 spiro atoms. The maximum Gasteiger partial charge on any atom is 0.280 e. The van der Waals surface area contributed by atoms with Gasteiger partial charge in [0.2, 0.25) is 11.6 Å². The molecule has 1 N–H and O–H groups in total. The minimum Gasteiger partial charge on any atom is -0.405 e. The largest absolute Gasteiger partial charge is 0.405 e. The predicted molar refractivity (Wildman–Crippen MR) is 224 cm³/mol. The van der Waals surface area contributed by atoms with Gasteiger partial charge in [0.25, 0.3) is 13.9 Å². The Morgan fingerprint density at radius 2 is 1.85 bits per heavy atom. The Hall–Kier alpha value is -2.94. The highest BCUT2D eigenvalue weighted by Gasteiger charge is 2.56. The molecule has 288 valence electrons. The van der Waals surface area contributed by atoms with E-state index in [2.05, 4.69) is 110 Å². The summed E-state index contributed by atoms with van der Waals surface area (Å²) >= 11 is 8.04. The van der Waals surface area contributed by atoms with Gasteiger partial charge in [0.05, 0.1) is 31.5 Å². The van der Waals surface area contributed by atoms with Crippen LogP contribution in [-0.2, 0) is 30.0 Å². The van der Waals surface area contributed by atoms with Crippen LogP contribution in [-0.4, -0.2) is 82.8 Å². The maximum atomic E-state index is 13.1. The van der Waals surface area contributed by atoms with E-state index in [0.717, 1.165) is 19.3 Å². The molecule has 0 radical (unpaired) electrons. The number of allylic oxidation sites excluding steroid dienone is 1. The second-order valence-corrected chi connectivity index (χ2v) is 27.0. The number of aromatic amines is 1. The second-order valence-electron chi connectivity index (χ2n) is 16.2. The van der Waals surface area contributed by atoms with Gasteiger partial charge >= 0.3 is 0 Å². The van der Waals surface area contributed by atoms with E-state index in [0.29, 0.717) is 18.0 Å². The molecule has 0 bridgehead atoms. The van der Waals surface area contributed by atoms with Crippen LogP contribution in [0.3, 0.4) is 0 Å². The molecule has 11 nitrogen and oxygen atoms in total. The first-order valence-corrected chi connectivity index (χ1v) is 24.5. The lowest BCUT2D eigenvalue weighted by Gasteiger charge is -2.43. The molecule has 7 atom stereocenters. The Kier molecular flexibility index (Phi) is 11.1. The molecular weight excluding hydrogens is 756 g/mol. The summed E-state index contributed by atoms with van der Waals surface area (Å²) in [6.45, 7) is 15.7. The monoisotopic (exact) mass is 806 g/mol. The third kappa shape index (κ3) is 7.60. The molecule has 7 rings (SSSR count). The van der Waals surface area contributed by atoms with Crippen molar-refractivity contribution in [2.24, 2.45) is 10.9 Å². The summed E-state index contributed by atoms with van der Waals surface area (Å²) in [5.41, 5.74) is -1.41. The third-order valence-corrected chi connectivity index (χ3v) is 21.7. The highest BCUT2D eigenvalue weighted by Crippen LogP contribution is 2.76. The Labute approximate surface area is 328 Å². The summed E-state index contributed by atoms with van der Waals surface area (Å²) < 4.78 is 29.9. The van der Waals surface area contributed by atoms with Crippen LogP contribution in [0, 0.1) is 5.92 Å². The standard InChI is InChI=1S/C39H51N6O5PS2Si/c1-26(2)27-19-20-39(6)32(21-27)50-51(52,53-39)49-30-22-33(45-25-40-34-35(45)42-37(43-36(34)46)41-24-44(7)8)48-31(30)23-47-54(38(3,4)5,28-15-11-9-12-16-28)29-17-13-10-14-18-29/h9-18,24-25,27,30-33H,1,19-23H2,2-8H3,(H,42,43,46)/b41-24-/t27-,30+,31-,32+,33-,39+,51-/m1/s1. The number of aromatic nitrogens is 4. The Balaban J connectivity index is 1.25. The smallest absolute Gasteiger partial charge is 0.280 e. The number of nitrogens with one attached hydrogen (secondary N) is 1. The zero-order valence-electron chi connectivity index (χ0n) is 32.1. The number of nitrogens with zero attached hydrogens (tertiary/aromatic N) is 5. The van der Waals surface area contributed by atoms with Gasteiger partial charge < -0.3 is 23.1 Å². The molecule has 15 heteroatoms. The first-order chi connectivity index (χ1) is 25.6. The van der Waals surface area contributed by atoms with Crippen molar-refractivity contribution in [3.8, 4) is 0 Å². The van der Waals surface area contributed by atoms with Crippen molar-refractivity contribution < 1.29 is 18.2 Å². The lowest BCUT2D eigenvalue weighted by Crippen LogP contribution is -2.67. The van der Waals surface area contributed by atoms with Crippen molar-refractivity contribution in [3.05, 3.63) is 89.5 Å². The zero-order chi connectivity index (χ0) is 38.5. The van der Waals surface area contributed by atoms with Gasteiger partial charge in [-0.15, -0.1) is 0 Å². The molecule has 0 amide bonds. The average molecular weight is 807 g/mol. The lowest BCUT2D eigenvalue weighted by molar-refractivity contribution is -0.0364. The van der Waals surface area contributed by atoms with Gasteiger partial charge in [-0.05, 0) is 66.2 Å². The third-order valence-electron chi connectivity index (χ3n) is 10.9. The van der Waals surface area contributed by atoms with Crippen LogP contribution in [0.4, 0.5) is 5.95 Å². The highest BCUT2D eigenvalue weighted by molar-refractivity contribution is 8.68. The van der Waals surface area contributed by atoms with E-state index < -0.39 is 32.4 Å². The van der Waals surface area contributed by atoms with Crippen LogP contribution in [0.15, 0.2) is 88.9 Å². The zero-order valence-corrected chi connectivity index (χ0v) is 35.6. The van der Waals surface area contributed by atoms with E-state index >= 15 is 0 Å². The van der Waals surface area contributed by atoms with Crippen LogP contribution in [0.2, 0.25) is 5.04 Å². The van der Waals surface area contributed by atoms with Crippen LogP contribution >= 0.6 is 17.1 Å². The minimum absolute atomic E-state index is 0.0108. The average Bonchev–Trinajstić information content (AvgIpc) is 3.80. The van der Waals surface area contributed by atoms with Gasteiger partial charge in [0.1, 0.15) is 12.3 Å². The molecule has 2 saturated heterocycles. The minimum atomic E-state index is -2.92. The van der Waals surface area contributed by atoms with Crippen molar-refractivity contribution in [1.82, 2.24) is 24.4 Å². The number of aliphatic imine (C=N–C) groups is 1. The van der Waals surface area contributed by atoms with Crippen LogP contribution in [0.5, 0.6) is 0 Å². The van der Waals surface area contributed by atoms with E-state index in [1.807, 2.05) is 26.2 Å². The number of rotatable bonds is 11. The number of ether oxygens (including phenoxy) is 1. The number of fused-ring (bicyclic) bond motifs is 2. The quantitative estimate of drug-likeness (QED) is 0.0555. The van der Waals surface area contributed by atoms with Gasteiger partial charge in [-0.25, -0.2) is 9.98 Å². The van der Waals surface area contributed by atoms with E-state index in [1.165, 1.54) is 15.9 Å². The lowest BCUT2D eigenvalue weighted by atomic mass is 9.77. The van der Waals surface area contributed by atoms with Crippen molar-refractivity contribution in [1.29, 1.82) is 0 Å². The Morgan fingerprint density at radius 1 is 1.19 bits per heavy atom. The van der Waals surface area contributed by atoms with Crippen molar-refractivity contribution in [2.75, 3.05) is 20.7 Å². The molecule has 54 heavy (non-hydrogen) atoms. The number of benzene rings is 2. The van der Waals surface area contributed by atoms with Crippen LogP contribution in [0.25, 0.3) is 11.2 Å². The second kappa shape index (κ2) is 15.2. The van der Waals surface area contributed by atoms with Crippen molar-refractivity contribution in [2.45, 2.75) is 94.6 Å². The summed E-state index contributed by atoms with van der Waals surface area (Å²) in [5, 5.41) is 2.12. The van der Waals surface area contributed by atoms with E-state index in [4.69, 9.17) is 30.0 Å². The Morgan fingerprint density at radius 3 is 2.46 bits per heavy atom. The van der Waals surface area contributed by atoms with Gasteiger partial charge in [-0.3, -0.25) is 14.3 Å². The maximum absolute atomic E-state index is 13.1. The topological polar surface area (TPSA) is 116 Å². The number of hydrogen-bond acceptors (Lipinski definition) is 10. The molecule has 4 aromatic rings. The van der Waals surface area contributed by atoms with Crippen LogP contribution in [0.1, 0.15) is 66.5 Å². The molecule has 2 aromatic carbocycles. The van der Waals surface area contributed by atoms with Gasteiger partial charge in [0.15, 0.2) is 11.2 Å². The number of H-pyrrole nitrogens is 1. The first-order valence-electron chi connectivity index (χ1n) is 18.5. The van der Waals surface area contributed by atoms with Gasteiger partial charge in [-0.2, -0.15) is 4.98 Å². The van der Waals surface area contributed by atoms with Crippen LogP contribution < -0.4 is 15.9 Å². The molecule has 1 aliphatic carbocycles. The fourth-order valence-corrected chi connectivity index (χ4v) is 20.2. The summed E-state index contributed by atoms with van der Waals surface area (Å²) in [5.74, 6) is 0.588. The Bertz CT molecular complexity index is 2090. The molecule has 3 aliphatic rings. The molecule has 3 fully saturated rings. The first kappa shape index (κ1) is 39.3. The van der Waals surface area contributed by atoms with E-state index in [-0.39, 0.29) is 39.5 Å². The summed E-state index contributed by atoms with van der Waals surface area (Å²) in [4.78, 5) is 31.1. The van der Waals surface area contributed by atoms with Crippen molar-refractivity contribution in [3.63, 3.8) is 0 Å². The molecular formula is C39H51N6O5PS2Si. The fraction of sp³-hybridized carbons (Fsp3) is 0.487. The van der Waals surface area contributed by atoms with E-state index in [1.54, 1.807) is 33.5 Å². The SMILES string of the molecule is C=C(C)[C@@H]1CC[C@]2(C)S[P@](=S)(O[C@H]3C[C@H](n4cnc5c(=O)[nH]c(/N=C\N(C)C)nc54)O[C@@H]3CO[Si](c3ccccc3)(c3ccccc3)C(C)(C)C)O[C@H]2C1. The highest BCUT2D eigenvalue weighted by atomic mass is 32.9. The molecule has 2 aromatic heterocycles. The van der Waals surface area contributed by atoms with Gasteiger partial charge in [0, 0.05) is 25.3 Å². The number of hydrogen-bond donors (Lipinski definition) is 1. The van der Waals surface area contributed by atoms with Crippen molar-refractivity contribution >= 4 is 71.0 Å². The predicted octanol–water partition coefficient (Wildman–Crippen LogP) is 7.08. The molecule has 1 saturated carbocycles. The molecule has 0 unspecified atom stereocenters. The molecule has 2 aliphatic heterocycles. The summed E-state index contributed by atoms with van der Waals surface area (Å²) in [6, 6.07) is 21.1. The fourth-order valence-electron chi connectivity index (χ4n) is 8.06. The number of imidazole rings is 1. The summed E-state index contributed by atoms with van der Waals surface area (Å²) in [7, 11) is 0.772. The normalized spacial score (nSPS) is 28.8.